The summed E-state index contributed by atoms with van der Waals surface area (Å²) >= 11 is 0. The molecule has 2 unspecified atom stereocenters. The van der Waals surface area contributed by atoms with Gasteiger partial charge in [0, 0.05) is 18.5 Å². The fourth-order valence-corrected chi connectivity index (χ4v) is 2.47. The molecule has 5 nitrogen and oxygen atoms in total. The Hall–Kier alpha value is -1.10. The van der Waals surface area contributed by atoms with Gasteiger partial charge in [0.05, 0.1) is 6.04 Å². The van der Waals surface area contributed by atoms with E-state index in [0.29, 0.717) is 18.9 Å². The van der Waals surface area contributed by atoms with Gasteiger partial charge in [-0.1, -0.05) is 13.3 Å². The molecule has 1 aliphatic rings. The second-order valence-corrected chi connectivity index (χ2v) is 6.64. The van der Waals surface area contributed by atoms with Gasteiger partial charge in [0.2, 0.25) is 11.8 Å². The van der Waals surface area contributed by atoms with Crippen molar-refractivity contribution in [1.29, 1.82) is 0 Å². The summed E-state index contributed by atoms with van der Waals surface area (Å²) < 4.78 is 0. The first-order valence-electron chi connectivity index (χ1n) is 7.64. The molecule has 20 heavy (non-hydrogen) atoms. The molecule has 2 atom stereocenters. The molecule has 0 radical (unpaired) electrons. The summed E-state index contributed by atoms with van der Waals surface area (Å²) in [5.41, 5.74) is -0.222. The zero-order valence-corrected chi connectivity index (χ0v) is 13.2. The topological polar surface area (TPSA) is 70.2 Å². The molecule has 3 N–H and O–H groups in total. The zero-order valence-electron chi connectivity index (χ0n) is 13.2. The number of hydrogen-bond donors (Lipinski definition) is 3. The van der Waals surface area contributed by atoms with Crippen molar-refractivity contribution in [1.82, 2.24) is 16.0 Å². The van der Waals surface area contributed by atoms with Gasteiger partial charge in [-0.05, 0) is 46.1 Å². The molecule has 1 rings (SSSR count). The Morgan fingerprint density at radius 1 is 1.30 bits per heavy atom. The molecule has 5 heteroatoms. The lowest BCUT2D eigenvalue weighted by atomic mass is 9.90. The standard InChI is InChI=1S/C15H29N3O2/c1-5-11-6-8-16-12(10-11)14(20)17-9-7-13(19)18-15(2,3)4/h11-12,16H,5-10H2,1-4H3,(H,17,20)(H,18,19). The maximum Gasteiger partial charge on any atom is 0.237 e. The monoisotopic (exact) mass is 283 g/mol. The van der Waals surface area contributed by atoms with Gasteiger partial charge < -0.3 is 16.0 Å². The highest BCUT2D eigenvalue weighted by molar-refractivity contribution is 5.83. The van der Waals surface area contributed by atoms with Crippen molar-refractivity contribution in [3.63, 3.8) is 0 Å². The average Bonchev–Trinajstić information content (AvgIpc) is 2.36. The number of carbonyl (C=O) groups is 2. The lowest BCUT2D eigenvalue weighted by Crippen LogP contribution is -2.49. The minimum absolute atomic E-state index is 0.0201. The van der Waals surface area contributed by atoms with Crippen LogP contribution in [0.3, 0.4) is 0 Å². The van der Waals surface area contributed by atoms with Gasteiger partial charge in [-0.15, -0.1) is 0 Å². The number of nitrogens with one attached hydrogen (secondary N) is 3. The molecule has 0 aliphatic carbocycles. The molecule has 116 valence electrons. The van der Waals surface area contributed by atoms with Crippen molar-refractivity contribution in [3.05, 3.63) is 0 Å². The van der Waals surface area contributed by atoms with Crippen LogP contribution in [0.2, 0.25) is 0 Å². The summed E-state index contributed by atoms with van der Waals surface area (Å²) in [6.07, 6.45) is 3.50. The minimum atomic E-state index is -0.222. The van der Waals surface area contributed by atoms with Gasteiger partial charge in [-0.2, -0.15) is 0 Å². The maximum atomic E-state index is 12.0. The normalized spacial score (nSPS) is 23.2. The molecule has 1 fully saturated rings. The van der Waals surface area contributed by atoms with Crippen molar-refractivity contribution >= 4 is 11.8 Å². The molecule has 1 heterocycles. The van der Waals surface area contributed by atoms with E-state index in [9.17, 15) is 9.59 Å². The lowest BCUT2D eigenvalue weighted by molar-refractivity contribution is -0.124. The van der Waals surface area contributed by atoms with Crippen molar-refractivity contribution in [2.45, 2.75) is 65.0 Å². The second-order valence-electron chi connectivity index (χ2n) is 6.64. The highest BCUT2D eigenvalue weighted by Crippen LogP contribution is 2.19. The zero-order chi connectivity index (χ0) is 15.2. The lowest BCUT2D eigenvalue weighted by Gasteiger charge is -2.28. The molecular formula is C15H29N3O2. The first kappa shape index (κ1) is 17.0. The first-order valence-corrected chi connectivity index (χ1v) is 7.64. The Morgan fingerprint density at radius 3 is 2.60 bits per heavy atom. The summed E-state index contributed by atoms with van der Waals surface area (Å²) in [4.78, 5) is 23.7. The van der Waals surface area contributed by atoms with Crippen LogP contribution in [0.1, 0.15) is 53.4 Å². The summed E-state index contributed by atoms with van der Waals surface area (Å²) in [5, 5.41) is 8.98. The molecule has 0 aromatic rings. The Morgan fingerprint density at radius 2 is 2.00 bits per heavy atom. The van der Waals surface area contributed by atoms with Crippen LogP contribution in [0.4, 0.5) is 0 Å². The Labute approximate surface area is 122 Å². The number of hydrogen-bond acceptors (Lipinski definition) is 3. The average molecular weight is 283 g/mol. The molecule has 0 aromatic carbocycles. The molecule has 1 aliphatic heterocycles. The third-order valence-electron chi connectivity index (χ3n) is 3.57. The SMILES string of the molecule is CCC1CCNC(C(=O)NCCC(=O)NC(C)(C)C)C1. The van der Waals surface area contributed by atoms with E-state index < -0.39 is 0 Å². The van der Waals surface area contributed by atoms with Crippen LogP contribution in [0, 0.1) is 5.92 Å². The van der Waals surface area contributed by atoms with Crippen LogP contribution in [0.5, 0.6) is 0 Å². The van der Waals surface area contributed by atoms with E-state index in [4.69, 9.17) is 0 Å². The van der Waals surface area contributed by atoms with Gasteiger partial charge in [-0.25, -0.2) is 0 Å². The van der Waals surface area contributed by atoms with Crippen LogP contribution in [0.15, 0.2) is 0 Å². The van der Waals surface area contributed by atoms with Gasteiger partial charge in [0.1, 0.15) is 0 Å². The van der Waals surface area contributed by atoms with E-state index in [0.717, 1.165) is 25.8 Å². The van der Waals surface area contributed by atoms with Gasteiger partial charge in [-0.3, -0.25) is 9.59 Å². The highest BCUT2D eigenvalue weighted by atomic mass is 16.2. The van der Waals surface area contributed by atoms with E-state index in [1.807, 2.05) is 20.8 Å². The maximum absolute atomic E-state index is 12.0. The molecular weight excluding hydrogens is 254 g/mol. The van der Waals surface area contributed by atoms with E-state index >= 15 is 0 Å². The van der Waals surface area contributed by atoms with Crippen LogP contribution >= 0.6 is 0 Å². The van der Waals surface area contributed by atoms with E-state index in [1.54, 1.807) is 0 Å². The molecule has 1 saturated heterocycles. The fraction of sp³-hybridized carbons (Fsp3) is 0.867. The Balaban J connectivity index is 2.24. The quantitative estimate of drug-likeness (QED) is 0.710. The van der Waals surface area contributed by atoms with Crippen molar-refractivity contribution in [2.75, 3.05) is 13.1 Å². The Bertz CT molecular complexity index is 337. The van der Waals surface area contributed by atoms with Crippen LogP contribution in [-0.2, 0) is 9.59 Å². The fourth-order valence-electron chi connectivity index (χ4n) is 2.47. The van der Waals surface area contributed by atoms with Crippen molar-refractivity contribution in [3.8, 4) is 0 Å². The van der Waals surface area contributed by atoms with E-state index in [-0.39, 0.29) is 23.4 Å². The predicted octanol–water partition coefficient (Wildman–Crippen LogP) is 1.19. The minimum Gasteiger partial charge on any atom is -0.354 e. The van der Waals surface area contributed by atoms with Crippen molar-refractivity contribution in [2.24, 2.45) is 5.92 Å². The molecule has 0 bridgehead atoms. The highest BCUT2D eigenvalue weighted by Gasteiger charge is 2.25. The molecule has 0 spiro atoms. The third kappa shape index (κ3) is 6.37. The third-order valence-corrected chi connectivity index (χ3v) is 3.57. The van der Waals surface area contributed by atoms with Gasteiger partial charge in [0.15, 0.2) is 0 Å². The van der Waals surface area contributed by atoms with Crippen LogP contribution in [0.25, 0.3) is 0 Å². The summed E-state index contributed by atoms with van der Waals surface area (Å²) in [5.74, 6) is 0.628. The number of rotatable bonds is 5. The van der Waals surface area contributed by atoms with Crippen LogP contribution < -0.4 is 16.0 Å². The van der Waals surface area contributed by atoms with Gasteiger partial charge >= 0.3 is 0 Å². The molecule has 0 saturated carbocycles. The molecule has 2 amide bonds. The largest absolute Gasteiger partial charge is 0.354 e. The summed E-state index contributed by atoms with van der Waals surface area (Å²) in [6, 6.07) is -0.0978. The van der Waals surface area contributed by atoms with E-state index in [2.05, 4.69) is 22.9 Å². The summed E-state index contributed by atoms with van der Waals surface area (Å²) in [6.45, 7) is 9.31. The predicted molar refractivity (Wildman–Crippen MR) is 80.3 cm³/mol. The number of piperidine rings is 1. The Kier molecular flexibility index (Phi) is 6.46. The number of amides is 2. The van der Waals surface area contributed by atoms with Gasteiger partial charge in [0.25, 0.3) is 0 Å². The first-order chi connectivity index (χ1) is 9.31. The second kappa shape index (κ2) is 7.62. The van der Waals surface area contributed by atoms with E-state index in [1.165, 1.54) is 0 Å². The summed E-state index contributed by atoms with van der Waals surface area (Å²) in [7, 11) is 0. The molecule has 0 aromatic heterocycles. The van der Waals surface area contributed by atoms with Crippen molar-refractivity contribution < 1.29 is 9.59 Å². The smallest absolute Gasteiger partial charge is 0.237 e. The number of carbonyl (C=O) groups excluding carboxylic acids is 2. The van der Waals surface area contributed by atoms with Crippen LogP contribution in [-0.4, -0.2) is 36.5 Å².